The average Bonchev–Trinajstić information content (AvgIpc) is 2.04. The zero-order valence-corrected chi connectivity index (χ0v) is 11.0. The second kappa shape index (κ2) is 5.75. The molecule has 1 rings (SSSR count). The van der Waals surface area contributed by atoms with Gasteiger partial charge in [0.2, 0.25) is 0 Å². The molecule has 1 aromatic rings. The maximum atomic E-state index is 11.4. The molecule has 0 aromatic heterocycles. The molecule has 0 saturated carbocycles. The molecular formula is C9H10CaO3S. The first-order valence-electron chi connectivity index (χ1n) is 3.67. The molecule has 0 aliphatic heterocycles. The average molecular weight is 238 g/mol. The van der Waals surface area contributed by atoms with Crippen molar-refractivity contribution in [3.8, 4) is 0 Å². The summed E-state index contributed by atoms with van der Waals surface area (Å²) in [5.41, 5.74) is 0. The van der Waals surface area contributed by atoms with Gasteiger partial charge in [0.15, 0.2) is 0 Å². The topological polar surface area (TPSA) is 43.4 Å². The van der Waals surface area contributed by atoms with Crippen LogP contribution < -0.4 is 0 Å². The Balaban J connectivity index is 0.00000169. The molecule has 0 saturated heterocycles. The first-order chi connectivity index (χ1) is 6.02. The summed E-state index contributed by atoms with van der Waals surface area (Å²) in [5, 5.41) is 0. The van der Waals surface area contributed by atoms with Crippen LogP contribution >= 0.6 is 0 Å². The maximum absolute atomic E-state index is 11.4. The second-order valence-electron chi connectivity index (χ2n) is 2.55. The SMILES string of the molecule is C=C(C)OS(=O)(=O)c1ccccc1.[Ca]. The van der Waals surface area contributed by atoms with Crippen LogP contribution in [0, 0.1) is 0 Å². The van der Waals surface area contributed by atoms with Gasteiger partial charge in [-0.15, -0.1) is 0 Å². The van der Waals surface area contributed by atoms with Crippen molar-refractivity contribution >= 4 is 47.9 Å². The molecule has 0 heterocycles. The van der Waals surface area contributed by atoms with Gasteiger partial charge in [-0.05, 0) is 19.1 Å². The van der Waals surface area contributed by atoms with Gasteiger partial charge in [-0.3, -0.25) is 0 Å². The van der Waals surface area contributed by atoms with Crippen molar-refractivity contribution < 1.29 is 12.6 Å². The molecule has 0 bridgehead atoms. The van der Waals surface area contributed by atoms with E-state index in [9.17, 15) is 8.42 Å². The molecule has 0 N–H and O–H groups in total. The summed E-state index contributed by atoms with van der Waals surface area (Å²) < 4.78 is 27.3. The van der Waals surface area contributed by atoms with E-state index in [0.717, 1.165) is 0 Å². The van der Waals surface area contributed by atoms with E-state index in [1.807, 2.05) is 0 Å². The Kier molecular flexibility index (Phi) is 5.74. The molecule has 2 radical (unpaired) electrons. The zero-order chi connectivity index (χ0) is 9.90. The van der Waals surface area contributed by atoms with E-state index in [2.05, 4.69) is 10.8 Å². The Labute approximate surface area is 114 Å². The minimum absolute atomic E-state index is 0. The van der Waals surface area contributed by atoms with Crippen molar-refractivity contribution in [1.29, 1.82) is 0 Å². The predicted octanol–water partition coefficient (Wildman–Crippen LogP) is 1.54. The summed E-state index contributed by atoms with van der Waals surface area (Å²) in [4.78, 5) is 0.137. The Bertz CT molecular complexity index is 397. The molecule has 0 spiro atoms. The van der Waals surface area contributed by atoms with E-state index in [4.69, 9.17) is 0 Å². The van der Waals surface area contributed by atoms with Crippen molar-refractivity contribution in [2.75, 3.05) is 0 Å². The van der Waals surface area contributed by atoms with Crippen LogP contribution in [-0.2, 0) is 14.3 Å². The van der Waals surface area contributed by atoms with Crippen molar-refractivity contribution in [3.63, 3.8) is 0 Å². The first-order valence-corrected chi connectivity index (χ1v) is 5.08. The molecule has 0 unspecified atom stereocenters. The normalized spacial score (nSPS) is 10.1. The van der Waals surface area contributed by atoms with Crippen LogP contribution in [0.3, 0.4) is 0 Å². The van der Waals surface area contributed by atoms with Gasteiger partial charge < -0.3 is 4.18 Å². The van der Waals surface area contributed by atoms with Crippen molar-refractivity contribution in [2.24, 2.45) is 0 Å². The molecule has 14 heavy (non-hydrogen) atoms. The number of benzene rings is 1. The van der Waals surface area contributed by atoms with Gasteiger partial charge in [0, 0.05) is 37.7 Å². The van der Waals surface area contributed by atoms with Crippen LogP contribution in [0.5, 0.6) is 0 Å². The van der Waals surface area contributed by atoms with Crippen molar-refractivity contribution in [1.82, 2.24) is 0 Å². The predicted molar refractivity (Wildman–Crippen MR) is 55.3 cm³/mol. The summed E-state index contributed by atoms with van der Waals surface area (Å²) in [6.07, 6.45) is 0. The van der Waals surface area contributed by atoms with Gasteiger partial charge in [-0.1, -0.05) is 24.8 Å². The van der Waals surface area contributed by atoms with Gasteiger partial charge in [0.25, 0.3) is 0 Å². The Morgan fingerprint density at radius 3 is 2.21 bits per heavy atom. The molecule has 72 valence electrons. The summed E-state index contributed by atoms with van der Waals surface area (Å²) in [6.45, 7) is 4.85. The molecule has 3 nitrogen and oxygen atoms in total. The number of rotatable bonds is 3. The summed E-state index contributed by atoms with van der Waals surface area (Å²) in [6, 6.07) is 7.94. The molecule has 0 fully saturated rings. The minimum atomic E-state index is -3.66. The molecule has 0 aliphatic rings. The standard InChI is InChI=1S/C9H10O3S.Ca/c1-8(2)12-13(10,11)9-6-4-3-5-7-9;/h3-7H,1H2,2H3;. The van der Waals surface area contributed by atoms with Gasteiger partial charge in [0.1, 0.15) is 10.7 Å². The van der Waals surface area contributed by atoms with E-state index in [1.165, 1.54) is 19.1 Å². The third kappa shape index (κ3) is 4.00. The third-order valence-corrected chi connectivity index (χ3v) is 2.64. The van der Waals surface area contributed by atoms with Gasteiger partial charge >= 0.3 is 10.1 Å². The molecule has 1 aromatic carbocycles. The Morgan fingerprint density at radius 2 is 1.79 bits per heavy atom. The Morgan fingerprint density at radius 1 is 1.29 bits per heavy atom. The van der Waals surface area contributed by atoms with Gasteiger partial charge in [-0.2, -0.15) is 8.42 Å². The fourth-order valence-corrected chi connectivity index (χ4v) is 1.78. The molecule has 0 amide bonds. The number of hydrogen-bond acceptors (Lipinski definition) is 3. The fraction of sp³-hybridized carbons (Fsp3) is 0.111. The first kappa shape index (κ1) is 14.0. The third-order valence-electron chi connectivity index (χ3n) is 1.28. The monoisotopic (exact) mass is 238 g/mol. The van der Waals surface area contributed by atoms with E-state index < -0.39 is 10.1 Å². The smallest absolute Gasteiger partial charge is 0.338 e. The van der Waals surface area contributed by atoms with Crippen LogP contribution in [0.2, 0.25) is 0 Å². The number of hydrogen-bond donors (Lipinski definition) is 0. The molecule has 0 atom stereocenters. The molecular weight excluding hydrogens is 228 g/mol. The van der Waals surface area contributed by atoms with Crippen molar-refractivity contribution in [2.45, 2.75) is 11.8 Å². The minimum Gasteiger partial charge on any atom is -0.384 e. The Hall–Kier alpha value is -0.0303. The van der Waals surface area contributed by atoms with Crippen LogP contribution in [0.4, 0.5) is 0 Å². The van der Waals surface area contributed by atoms with E-state index >= 15 is 0 Å². The van der Waals surface area contributed by atoms with E-state index in [0.29, 0.717) is 0 Å². The van der Waals surface area contributed by atoms with Crippen LogP contribution in [0.1, 0.15) is 6.92 Å². The van der Waals surface area contributed by atoms with E-state index in [1.54, 1.807) is 18.2 Å². The molecule has 5 heteroatoms. The molecule has 0 aliphatic carbocycles. The van der Waals surface area contributed by atoms with Crippen LogP contribution in [0.25, 0.3) is 0 Å². The fourth-order valence-electron chi connectivity index (χ4n) is 0.823. The van der Waals surface area contributed by atoms with E-state index in [-0.39, 0.29) is 48.4 Å². The van der Waals surface area contributed by atoms with Gasteiger partial charge in [-0.25, -0.2) is 0 Å². The van der Waals surface area contributed by atoms with Gasteiger partial charge in [0.05, 0.1) is 0 Å². The summed E-state index contributed by atoms with van der Waals surface area (Å²) >= 11 is 0. The second-order valence-corrected chi connectivity index (χ2v) is 4.10. The van der Waals surface area contributed by atoms with Crippen molar-refractivity contribution in [3.05, 3.63) is 42.7 Å². The van der Waals surface area contributed by atoms with Crippen LogP contribution in [-0.4, -0.2) is 46.2 Å². The zero-order valence-electron chi connectivity index (χ0n) is 7.93. The summed E-state index contributed by atoms with van der Waals surface area (Å²) in [5.74, 6) is 0.156. The quantitative estimate of drug-likeness (QED) is 0.456. The maximum Gasteiger partial charge on any atom is 0.338 e. The number of allylic oxidation sites excluding steroid dienone is 1. The largest absolute Gasteiger partial charge is 0.384 e. The van der Waals surface area contributed by atoms with Crippen LogP contribution in [0.15, 0.2) is 47.6 Å². The summed E-state index contributed by atoms with van der Waals surface area (Å²) in [7, 11) is -3.66.